The number of hydrogen-bond donors (Lipinski definition) is 2. The maximum absolute atomic E-state index is 12.0. The number of nitrogens with two attached hydrogens (primary N) is 1. The number of primary amides is 1. The molecule has 2 amide bonds. The Morgan fingerprint density at radius 3 is 2.43 bits per heavy atom. The van der Waals surface area contributed by atoms with Gasteiger partial charge in [0, 0.05) is 11.3 Å². The number of benzene rings is 1. The molecule has 3 rings (SSSR count). The molecule has 0 saturated heterocycles. The number of carbonyl (C=O) groups is 3. The molecule has 3 N–H and O–H groups in total. The summed E-state index contributed by atoms with van der Waals surface area (Å²) in [6.07, 6.45) is 6.05. The van der Waals surface area contributed by atoms with E-state index >= 15 is 0 Å². The highest BCUT2D eigenvalue weighted by molar-refractivity contribution is 5.95. The van der Waals surface area contributed by atoms with Crippen molar-refractivity contribution in [2.45, 2.75) is 12.8 Å². The van der Waals surface area contributed by atoms with Gasteiger partial charge in [-0.2, -0.15) is 0 Å². The van der Waals surface area contributed by atoms with Gasteiger partial charge < -0.3 is 15.8 Å². The number of nitrogens with one attached hydrogen (secondary N) is 1. The monoisotopic (exact) mass is 314 g/mol. The van der Waals surface area contributed by atoms with Gasteiger partial charge in [0.25, 0.3) is 5.91 Å². The van der Waals surface area contributed by atoms with Crippen LogP contribution in [0, 0.1) is 17.8 Å². The van der Waals surface area contributed by atoms with Crippen molar-refractivity contribution in [3.8, 4) is 0 Å². The summed E-state index contributed by atoms with van der Waals surface area (Å²) in [6, 6.07) is 6.18. The van der Waals surface area contributed by atoms with Crippen molar-refractivity contribution in [3.05, 3.63) is 42.0 Å². The molecule has 2 aliphatic rings. The van der Waals surface area contributed by atoms with Crippen molar-refractivity contribution >= 4 is 23.5 Å². The number of allylic oxidation sites excluding steroid dienone is 2. The van der Waals surface area contributed by atoms with Crippen LogP contribution in [-0.4, -0.2) is 24.4 Å². The molecule has 0 radical (unpaired) electrons. The standard InChI is InChI=1S/C17H18N2O4/c18-16(21)11-3-5-13(6-4-11)19-15(20)9-23-17(22)14-8-10-1-2-12(14)7-10/h1-6,10,12,14H,7-9H2,(H2,18,21)(H,19,20)/t10-,12-,14-/m1/s1. The molecule has 0 spiro atoms. The van der Waals surface area contributed by atoms with Crippen molar-refractivity contribution in [3.63, 3.8) is 0 Å². The summed E-state index contributed by atoms with van der Waals surface area (Å²) in [7, 11) is 0. The molecule has 0 aromatic heterocycles. The molecule has 1 aromatic carbocycles. The smallest absolute Gasteiger partial charge is 0.310 e. The number of anilines is 1. The van der Waals surface area contributed by atoms with Gasteiger partial charge in [-0.3, -0.25) is 14.4 Å². The van der Waals surface area contributed by atoms with Gasteiger partial charge in [0.2, 0.25) is 5.91 Å². The molecule has 2 aliphatic carbocycles. The van der Waals surface area contributed by atoms with Gasteiger partial charge in [0.15, 0.2) is 6.61 Å². The van der Waals surface area contributed by atoms with E-state index in [9.17, 15) is 14.4 Å². The molecule has 6 heteroatoms. The first kappa shape index (κ1) is 15.3. The Hall–Kier alpha value is -2.63. The van der Waals surface area contributed by atoms with Crippen molar-refractivity contribution in [1.82, 2.24) is 0 Å². The maximum atomic E-state index is 12.0. The summed E-state index contributed by atoms with van der Waals surface area (Å²) in [4.78, 5) is 34.8. The highest BCUT2D eigenvalue weighted by Gasteiger charge is 2.40. The third-order valence-electron chi connectivity index (χ3n) is 4.38. The number of carbonyl (C=O) groups excluding carboxylic acids is 3. The summed E-state index contributed by atoms with van der Waals surface area (Å²) in [6.45, 7) is -0.312. The van der Waals surface area contributed by atoms with Crippen LogP contribution in [0.3, 0.4) is 0 Å². The lowest BCUT2D eigenvalue weighted by Crippen LogP contribution is -2.26. The number of fused-ring (bicyclic) bond motifs is 2. The minimum Gasteiger partial charge on any atom is -0.455 e. The third-order valence-corrected chi connectivity index (χ3v) is 4.38. The molecule has 0 unspecified atom stereocenters. The quantitative estimate of drug-likeness (QED) is 0.635. The fourth-order valence-electron chi connectivity index (χ4n) is 3.21. The molecule has 1 fully saturated rings. The summed E-state index contributed by atoms with van der Waals surface area (Å²) in [5, 5.41) is 2.61. The van der Waals surface area contributed by atoms with E-state index in [1.807, 2.05) is 0 Å². The molecule has 6 nitrogen and oxygen atoms in total. The predicted octanol–water partition coefficient (Wildman–Crippen LogP) is 1.48. The minimum atomic E-state index is -0.531. The molecule has 0 aliphatic heterocycles. The average Bonchev–Trinajstić information content (AvgIpc) is 3.16. The normalized spacial score (nSPS) is 24.4. The number of ether oxygens (including phenoxy) is 1. The SMILES string of the molecule is NC(=O)c1ccc(NC(=O)COC(=O)[C@@H]2C[C@@H]3C=C[C@@H]2C3)cc1. The number of amides is 2. The minimum absolute atomic E-state index is 0.118. The number of rotatable bonds is 5. The molecule has 2 bridgehead atoms. The van der Waals surface area contributed by atoms with Gasteiger partial charge in [-0.1, -0.05) is 12.2 Å². The topological polar surface area (TPSA) is 98.5 Å². The zero-order valence-electron chi connectivity index (χ0n) is 12.5. The number of esters is 1. The Labute approximate surface area is 133 Å². The summed E-state index contributed by atoms with van der Waals surface area (Å²) >= 11 is 0. The summed E-state index contributed by atoms with van der Waals surface area (Å²) < 4.78 is 5.12. The lowest BCUT2D eigenvalue weighted by atomic mass is 9.94. The van der Waals surface area contributed by atoms with Gasteiger partial charge in [-0.25, -0.2) is 0 Å². The van der Waals surface area contributed by atoms with E-state index in [4.69, 9.17) is 10.5 Å². The zero-order valence-corrected chi connectivity index (χ0v) is 12.5. The molecule has 1 saturated carbocycles. The Balaban J connectivity index is 1.47. The molecular weight excluding hydrogens is 296 g/mol. The molecule has 0 heterocycles. The highest BCUT2D eigenvalue weighted by Crippen LogP contribution is 2.43. The van der Waals surface area contributed by atoms with Crippen molar-refractivity contribution in [1.29, 1.82) is 0 Å². The van der Waals surface area contributed by atoms with Gasteiger partial charge in [0.1, 0.15) is 0 Å². The van der Waals surface area contributed by atoms with Crippen LogP contribution in [0.15, 0.2) is 36.4 Å². The van der Waals surface area contributed by atoms with Gasteiger partial charge >= 0.3 is 5.97 Å². The first-order valence-corrected chi connectivity index (χ1v) is 7.57. The Morgan fingerprint density at radius 1 is 1.13 bits per heavy atom. The molecule has 23 heavy (non-hydrogen) atoms. The van der Waals surface area contributed by atoms with Gasteiger partial charge in [-0.05, 0) is 48.9 Å². The Kier molecular flexibility index (Phi) is 4.14. The first-order chi connectivity index (χ1) is 11.0. The fraction of sp³-hybridized carbons (Fsp3) is 0.353. The van der Waals surface area contributed by atoms with Crippen molar-refractivity contribution < 1.29 is 19.1 Å². The van der Waals surface area contributed by atoms with E-state index in [1.54, 1.807) is 12.1 Å². The van der Waals surface area contributed by atoms with E-state index < -0.39 is 11.8 Å². The maximum Gasteiger partial charge on any atom is 0.310 e. The van der Waals surface area contributed by atoms with Crippen LogP contribution in [0.25, 0.3) is 0 Å². The van der Waals surface area contributed by atoms with Crippen LogP contribution < -0.4 is 11.1 Å². The third kappa shape index (κ3) is 3.41. The second-order valence-corrected chi connectivity index (χ2v) is 5.98. The van der Waals surface area contributed by atoms with Gasteiger partial charge in [-0.15, -0.1) is 0 Å². The Morgan fingerprint density at radius 2 is 1.87 bits per heavy atom. The zero-order chi connectivity index (χ0) is 16.4. The lowest BCUT2D eigenvalue weighted by Gasteiger charge is -2.16. The molecule has 3 atom stereocenters. The summed E-state index contributed by atoms with van der Waals surface area (Å²) in [5.41, 5.74) is 6.02. The second-order valence-electron chi connectivity index (χ2n) is 5.98. The largest absolute Gasteiger partial charge is 0.455 e. The highest BCUT2D eigenvalue weighted by atomic mass is 16.5. The van der Waals surface area contributed by atoms with E-state index in [0.717, 1.165) is 12.8 Å². The average molecular weight is 314 g/mol. The number of hydrogen-bond acceptors (Lipinski definition) is 4. The predicted molar refractivity (Wildman–Crippen MR) is 83.4 cm³/mol. The van der Waals surface area contributed by atoms with Crippen molar-refractivity contribution in [2.75, 3.05) is 11.9 Å². The molecule has 120 valence electrons. The lowest BCUT2D eigenvalue weighted by molar-refractivity contribution is -0.152. The van der Waals surface area contributed by atoms with E-state index in [1.165, 1.54) is 12.1 Å². The molecule has 1 aromatic rings. The van der Waals surface area contributed by atoms with Crippen LogP contribution in [-0.2, 0) is 14.3 Å². The van der Waals surface area contributed by atoms with Crippen LogP contribution in [0.1, 0.15) is 23.2 Å². The summed E-state index contributed by atoms with van der Waals surface area (Å²) in [5.74, 6) is -0.624. The second kappa shape index (κ2) is 6.24. The fourth-order valence-corrected chi connectivity index (χ4v) is 3.21. The van der Waals surface area contributed by atoms with Crippen LogP contribution in [0.5, 0.6) is 0 Å². The van der Waals surface area contributed by atoms with Crippen LogP contribution in [0.4, 0.5) is 5.69 Å². The van der Waals surface area contributed by atoms with Crippen LogP contribution >= 0.6 is 0 Å². The van der Waals surface area contributed by atoms with Crippen LogP contribution in [0.2, 0.25) is 0 Å². The first-order valence-electron chi connectivity index (χ1n) is 7.57. The molecular formula is C17H18N2O4. The van der Waals surface area contributed by atoms with Crippen molar-refractivity contribution in [2.24, 2.45) is 23.5 Å². The van der Waals surface area contributed by atoms with E-state index in [2.05, 4.69) is 17.5 Å². The Bertz CT molecular complexity index is 666. The van der Waals surface area contributed by atoms with E-state index in [0.29, 0.717) is 17.2 Å². The van der Waals surface area contributed by atoms with E-state index in [-0.39, 0.29) is 24.4 Å². The van der Waals surface area contributed by atoms with Gasteiger partial charge in [0.05, 0.1) is 5.92 Å².